The van der Waals surface area contributed by atoms with E-state index in [1.807, 2.05) is 0 Å². The number of carbonyl (C=O) groups is 3. The van der Waals surface area contributed by atoms with Crippen molar-refractivity contribution in [1.29, 1.82) is 0 Å². The summed E-state index contributed by atoms with van der Waals surface area (Å²) in [6.45, 7) is 1.66. The quantitative estimate of drug-likeness (QED) is 0.442. The van der Waals surface area contributed by atoms with Crippen molar-refractivity contribution < 1.29 is 37.0 Å². The van der Waals surface area contributed by atoms with Crippen molar-refractivity contribution in [2.45, 2.75) is 9.79 Å². The summed E-state index contributed by atoms with van der Waals surface area (Å²) < 4.78 is 43.3. The van der Waals surface area contributed by atoms with Crippen LogP contribution >= 0.6 is 11.8 Å². The first-order valence-electron chi connectivity index (χ1n) is 10.1. The minimum absolute atomic E-state index is 0.0379. The van der Waals surface area contributed by atoms with Crippen molar-refractivity contribution in [2.75, 3.05) is 51.5 Å². The first-order chi connectivity index (χ1) is 16.2. The molecule has 0 atom stereocenters. The van der Waals surface area contributed by atoms with Crippen molar-refractivity contribution in [1.82, 2.24) is 4.90 Å². The highest BCUT2D eigenvalue weighted by atomic mass is 32.2. The van der Waals surface area contributed by atoms with E-state index < -0.39 is 22.0 Å². The van der Waals surface area contributed by atoms with Gasteiger partial charge < -0.3 is 19.1 Å². The van der Waals surface area contributed by atoms with Gasteiger partial charge >= 0.3 is 11.9 Å². The lowest BCUT2D eigenvalue weighted by molar-refractivity contribution is 0.0300. The van der Waals surface area contributed by atoms with Crippen molar-refractivity contribution in [3.8, 4) is 0 Å². The number of methoxy groups -OCH3 is 2. The SMILES string of the molecule is COC(=O)c1cc(NS(=O)(=O)c2ccc(SC)c(C(=O)N3CCOCC3)c2)cc(C(=O)OC)c1. The predicted octanol–water partition coefficient (Wildman–Crippen LogP) is 2.25. The normalized spacial score (nSPS) is 13.8. The Kier molecular flexibility index (Phi) is 8.18. The molecule has 1 heterocycles. The van der Waals surface area contributed by atoms with Crippen LogP contribution in [0.25, 0.3) is 0 Å². The minimum Gasteiger partial charge on any atom is -0.465 e. The van der Waals surface area contributed by atoms with Gasteiger partial charge in [0.1, 0.15) is 0 Å². The number of sulfonamides is 1. The molecular formula is C22H24N2O8S2. The van der Waals surface area contributed by atoms with Gasteiger partial charge in [0.25, 0.3) is 15.9 Å². The number of hydrogen-bond acceptors (Lipinski definition) is 9. The topological polar surface area (TPSA) is 128 Å². The molecule has 2 aromatic carbocycles. The maximum Gasteiger partial charge on any atom is 0.337 e. The number of hydrogen-bond donors (Lipinski definition) is 1. The molecule has 0 radical (unpaired) electrons. The van der Waals surface area contributed by atoms with E-state index in [1.54, 1.807) is 17.2 Å². The molecule has 0 saturated carbocycles. The fourth-order valence-corrected chi connectivity index (χ4v) is 4.97. The summed E-state index contributed by atoms with van der Waals surface area (Å²) in [6, 6.07) is 7.99. The van der Waals surface area contributed by atoms with Gasteiger partial charge in [-0.15, -0.1) is 11.8 Å². The average Bonchev–Trinajstić information content (AvgIpc) is 2.86. The lowest BCUT2D eigenvalue weighted by Crippen LogP contribution is -2.41. The van der Waals surface area contributed by atoms with E-state index in [-0.39, 0.29) is 33.2 Å². The lowest BCUT2D eigenvalue weighted by Gasteiger charge is -2.27. The molecule has 0 spiro atoms. The van der Waals surface area contributed by atoms with E-state index in [0.717, 1.165) is 14.2 Å². The van der Waals surface area contributed by atoms with Crippen molar-refractivity contribution >= 4 is 45.3 Å². The van der Waals surface area contributed by atoms with Crippen LogP contribution in [0, 0.1) is 0 Å². The molecule has 34 heavy (non-hydrogen) atoms. The molecule has 12 heteroatoms. The van der Waals surface area contributed by atoms with Gasteiger partial charge in [0.15, 0.2) is 0 Å². The van der Waals surface area contributed by atoms with Gasteiger partial charge in [-0.1, -0.05) is 0 Å². The van der Waals surface area contributed by atoms with Gasteiger partial charge in [-0.3, -0.25) is 9.52 Å². The standard InChI is InChI=1S/C22H24N2O8S2/c1-30-21(26)14-10-15(22(27)31-2)12-16(11-14)23-34(28,29)17-4-5-19(33-3)18(13-17)20(25)24-6-8-32-9-7-24/h4-5,10-13,23H,6-9H2,1-3H3. The van der Waals surface area contributed by atoms with Crippen LogP contribution in [0.4, 0.5) is 5.69 Å². The third kappa shape index (κ3) is 5.69. The number of amides is 1. The van der Waals surface area contributed by atoms with Crippen molar-refractivity contribution in [3.05, 3.63) is 53.1 Å². The molecule has 2 aromatic rings. The number of ether oxygens (including phenoxy) is 3. The number of morpholine rings is 1. The van der Waals surface area contributed by atoms with Crippen molar-refractivity contribution in [3.63, 3.8) is 0 Å². The molecule has 0 bridgehead atoms. The van der Waals surface area contributed by atoms with Crippen LogP contribution in [0.3, 0.4) is 0 Å². The number of anilines is 1. The Balaban J connectivity index is 1.98. The number of carbonyl (C=O) groups excluding carboxylic acids is 3. The summed E-state index contributed by atoms with van der Waals surface area (Å²) >= 11 is 1.33. The third-order valence-electron chi connectivity index (χ3n) is 5.04. The Morgan fingerprint density at radius 2 is 1.56 bits per heavy atom. The number of nitrogens with zero attached hydrogens (tertiary/aromatic N) is 1. The number of nitrogens with one attached hydrogen (secondary N) is 1. The summed E-state index contributed by atoms with van der Waals surface area (Å²) in [7, 11) is -1.85. The molecule has 1 aliphatic heterocycles. The van der Waals surface area contributed by atoms with Gasteiger partial charge in [-0.25, -0.2) is 18.0 Å². The molecule has 1 N–H and O–H groups in total. The molecular weight excluding hydrogens is 484 g/mol. The van der Waals surface area contributed by atoms with Gasteiger partial charge in [0, 0.05) is 18.0 Å². The molecule has 0 aromatic heterocycles. The molecule has 3 rings (SSSR count). The highest BCUT2D eigenvalue weighted by molar-refractivity contribution is 7.98. The molecule has 1 aliphatic rings. The van der Waals surface area contributed by atoms with Crippen LogP contribution < -0.4 is 4.72 Å². The summed E-state index contributed by atoms with van der Waals surface area (Å²) in [4.78, 5) is 39.2. The van der Waals surface area contributed by atoms with E-state index in [0.29, 0.717) is 31.2 Å². The van der Waals surface area contributed by atoms with E-state index in [1.165, 1.54) is 42.1 Å². The van der Waals surface area contributed by atoms with Gasteiger partial charge in [-0.05, 0) is 42.7 Å². The second-order valence-corrected chi connectivity index (χ2v) is 9.68. The van der Waals surface area contributed by atoms with Gasteiger partial charge in [0.2, 0.25) is 0 Å². The van der Waals surface area contributed by atoms with Crippen LogP contribution in [0.2, 0.25) is 0 Å². The summed E-state index contributed by atoms with van der Waals surface area (Å²) in [5.74, 6) is -1.80. The van der Waals surface area contributed by atoms with Crippen LogP contribution in [-0.2, 0) is 24.2 Å². The van der Waals surface area contributed by atoms with Crippen LogP contribution in [0.15, 0.2) is 46.2 Å². The zero-order chi connectivity index (χ0) is 24.9. The van der Waals surface area contributed by atoms with E-state index in [2.05, 4.69) is 14.2 Å². The Morgan fingerprint density at radius 3 is 2.09 bits per heavy atom. The third-order valence-corrected chi connectivity index (χ3v) is 7.21. The number of benzene rings is 2. The zero-order valence-corrected chi connectivity index (χ0v) is 20.5. The second-order valence-electron chi connectivity index (χ2n) is 7.15. The Hall–Kier alpha value is -3.09. The van der Waals surface area contributed by atoms with E-state index in [9.17, 15) is 22.8 Å². The molecule has 1 fully saturated rings. The maximum absolute atomic E-state index is 13.2. The average molecular weight is 509 g/mol. The highest BCUT2D eigenvalue weighted by Crippen LogP contribution is 2.27. The van der Waals surface area contributed by atoms with Gasteiger partial charge in [0.05, 0.1) is 54.7 Å². The fraction of sp³-hybridized carbons (Fsp3) is 0.318. The van der Waals surface area contributed by atoms with Crippen LogP contribution in [-0.4, -0.2) is 77.9 Å². The molecule has 0 aliphatic carbocycles. The second kappa shape index (κ2) is 10.9. The summed E-state index contributed by atoms with van der Waals surface area (Å²) in [6.07, 6.45) is 1.80. The highest BCUT2D eigenvalue weighted by Gasteiger charge is 2.25. The zero-order valence-electron chi connectivity index (χ0n) is 18.8. The number of rotatable bonds is 7. The fourth-order valence-electron chi connectivity index (χ4n) is 3.33. The molecule has 182 valence electrons. The van der Waals surface area contributed by atoms with Crippen LogP contribution in [0.1, 0.15) is 31.1 Å². The number of thioether (sulfide) groups is 1. The summed E-state index contributed by atoms with van der Waals surface area (Å²) in [5, 5.41) is 0. The smallest absolute Gasteiger partial charge is 0.337 e. The Labute approximate surface area is 201 Å². The first-order valence-corrected chi connectivity index (χ1v) is 12.8. The van der Waals surface area contributed by atoms with Crippen LogP contribution in [0.5, 0.6) is 0 Å². The monoisotopic (exact) mass is 508 g/mol. The summed E-state index contributed by atoms with van der Waals surface area (Å²) in [5.41, 5.74) is 0.141. The maximum atomic E-state index is 13.2. The Bertz CT molecular complexity index is 1170. The molecule has 10 nitrogen and oxygen atoms in total. The molecule has 0 unspecified atom stereocenters. The Morgan fingerprint density at radius 1 is 0.971 bits per heavy atom. The number of esters is 2. The largest absolute Gasteiger partial charge is 0.465 e. The first kappa shape index (κ1) is 25.5. The van der Waals surface area contributed by atoms with E-state index >= 15 is 0 Å². The lowest BCUT2D eigenvalue weighted by atomic mass is 10.1. The van der Waals surface area contributed by atoms with Gasteiger partial charge in [-0.2, -0.15) is 0 Å². The molecule has 1 amide bonds. The predicted molar refractivity (Wildman–Crippen MR) is 125 cm³/mol. The minimum atomic E-state index is -4.18. The van der Waals surface area contributed by atoms with E-state index in [4.69, 9.17) is 4.74 Å². The molecule has 1 saturated heterocycles. The van der Waals surface area contributed by atoms with Crippen molar-refractivity contribution in [2.24, 2.45) is 0 Å².